The molecular weight excluding hydrogens is 504 g/mol. The Morgan fingerprint density at radius 1 is 1.38 bits per heavy atom. The molecule has 2 atom stereocenters. The molecule has 2 aromatic carbocycles. The summed E-state index contributed by atoms with van der Waals surface area (Å²) < 4.78 is 29.3. The van der Waals surface area contributed by atoms with Crippen LogP contribution in [0.4, 0.5) is 13.9 Å². The highest BCUT2D eigenvalue weighted by atomic mass is 35.5. The molecule has 2 aromatic heterocycles. The van der Waals surface area contributed by atoms with Crippen molar-refractivity contribution in [2.45, 2.75) is 17.5 Å². The number of benzene rings is 2. The average molecular weight is 522 g/mol. The third-order valence-electron chi connectivity index (χ3n) is 5.54. The minimum atomic E-state index is -1.09. The molecule has 2 N–H and O–H groups in total. The first kappa shape index (κ1) is 23.0. The lowest BCUT2D eigenvalue weighted by atomic mass is 10.0. The van der Waals surface area contributed by atoms with Gasteiger partial charge in [-0.05, 0) is 24.1 Å². The van der Waals surface area contributed by atoms with Crippen molar-refractivity contribution >= 4 is 72.8 Å². The number of carbonyl (C=O) groups excluding carboxylic acids is 2. The first-order valence-electron chi connectivity index (χ1n) is 10.3. The van der Waals surface area contributed by atoms with Gasteiger partial charge in [0.2, 0.25) is 11.8 Å². The zero-order valence-electron chi connectivity index (χ0n) is 18.0. The molecule has 176 valence electrons. The van der Waals surface area contributed by atoms with Crippen LogP contribution >= 0.6 is 34.7 Å². The minimum Gasteiger partial charge on any atom is -0.348 e. The second-order valence-electron chi connectivity index (χ2n) is 8.12. The van der Waals surface area contributed by atoms with Gasteiger partial charge in [-0.1, -0.05) is 29.0 Å². The zero-order chi connectivity index (χ0) is 24.1. The molecule has 12 heteroatoms. The number of carbonyl (C=O) groups is 2. The number of nitrogens with one attached hydrogen (secondary N) is 2. The van der Waals surface area contributed by atoms with E-state index in [4.69, 9.17) is 11.6 Å². The summed E-state index contributed by atoms with van der Waals surface area (Å²) in [5.41, 5.74) is 2.21. The van der Waals surface area contributed by atoms with Gasteiger partial charge >= 0.3 is 0 Å². The number of thioether (sulfide) groups is 1. The van der Waals surface area contributed by atoms with Crippen molar-refractivity contribution in [2.24, 2.45) is 5.92 Å². The van der Waals surface area contributed by atoms with Gasteiger partial charge in [0.15, 0.2) is 10.9 Å². The van der Waals surface area contributed by atoms with Gasteiger partial charge < -0.3 is 10.2 Å². The van der Waals surface area contributed by atoms with Crippen LogP contribution < -0.4 is 5.32 Å². The topological polar surface area (TPSA) is 91.0 Å². The number of rotatable bonds is 6. The summed E-state index contributed by atoms with van der Waals surface area (Å²) in [6, 6.07) is 5.33. The summed E-state index contributed by atoms with van der Waals surface area (Å²) in [7, 11) is 3.27. The van der Waals surface area contributed by atoms with Crippen molar-refractivity contribution in [2.75, 3.05) is 25.2 Å². The van der Waals surface area contributed by atoms with Crippen LogP contribution in [-0.2, 0) is 9.59 Å². The van der Waals surface area contributed by atoms with Crippen LogP contribution in [0, 0.1) is 11.7 Å². The fourth-order valence-corrected chi connectivity index (χ4v) is 5.86. The monoisotopic (exact) mass is 521 g/mol. The Balaban J connectivity index is 1.51. The third-order valence-corrected chi connectivity index (χ3v) is 7.89. The second kappa shape index (κ2) is 8.79. The number of aromatic nitrogens is 3. The lowest BCUT2D eigenvalue weighted by molar-refractivity contribution is -0.125. The third kappa shape index (κ3) is 4.12. The number of H-pyrrole nitrogens is 1. The van der Waals surface area contributed by atoms with Crippen LogP contribution in [0.5, 0.6) is 0 Å². The van der Waals surface area contributed by atoms with Crippen molar-refractivity contribution in [3.8, 4) is 11.1 Å². The van der Waals surface area contributed by atoms with Crippen LogP contribution in [0.3, 0.4) is 0 Å². The molecule has 0 aliphatic heterocycles. The van der Waals surface area contributed by atoms with E-state index in [1.54, 1.807) is 32.4 Å². The number of fused-ring (bicyclic) bond motifs is 2. The predicted octanol–water partition coefficient (Wildman–Crippen LogP) is 5.11. The maximum atomic E-state index is 15.4. The maximum absolute atomic E-state index is 15.4. The molecule has 0 saturated heterocycles. The van der Waals surface area contributed by atoms with Crippen LogP contribution in [0.15, 0.2) is 29.3 Å². The number of thiazole rings is 1. The highest BCUT2D eigenvalue weighted by Crippen LogP contribution is 2.43. The van der Waals surface area contributed by atoms with E-state index in [9.17, 15) is 14.0 Å². The molecule has 0 bridgehead atoms. The number of nitrogens with zero attached hydrogens (tertiary/aromatic N) is 3. The molecule has 0 unspecified atom stereocenters. The summed E-state index contributed by atoms with van der Waals surface area (Å²) >= 11 is 8.80. The Morgan fingerprint density at radius 3 is 2.85 bits per heavy atom. The largest absolute Gasteiger partial charge is 0.348 e. The molecule has 34 heavy (non-hydrogen) atoms. The smallest absolute Gasteiger partial charge is 0.232 e. The number of hydrogen-bond acceptors (Lipinski definition) is 6. The molecule has 1 fully saturated rings. The molecule has 1 aliphatic rings. The van der Waals surface area contributed by atoms with E-state index in [-0.39, 0.29) is 33.9 Å². The summed E-state index contributed by atoms with van der Waals surface area (Å²) in [6.45, 7) is 0. The van der Waals surface area contributed by atoms with Crippen molar-refractivity contribution in [1.29, 1.82) is 0 Å². The highest BCUT2D eigenvalue weighted by molar-refractivity contribution is 8.00. The van der Waals surface area contributed by atoms with Crippen molar-refractivity contribution in [1.82, 2.24) is 20.1 Å². The Kier molecular flexibility index (Phi) is 5.95. The summed E-state index contributed by atoms with van der Waals surface area (Å²) in [5.74, 6) is -1.72. The molecular formula is C22H18ClF2N5O2S2. The first-order valence-corrected chi connectivity index (χ1v) is 12.5. The van der Waals surface area contributed by atoms with Gasteiger partial charge in [-0.25, -0.2) is 13.8 Å². The second-order valence-corrected chi connectivity index (χ2v) is 10.5. The van der Waals surface area contributed by atoms with E-state index >= 15 is 4.39 Å². The molecule has 7 nitrogen and oxygen atoms in total. The van der Waals surface area contributed by atoms with Crippen molar-refractivity contribution in [3.63, 3.8) is 0 Å². The Bertz CT molecular complexity index is 1450. The van der Waals surface area contributed by atoms with Gasteiger partial charge in [-0.2, -0.15) is 5.10 Å². The number of amides is 2. The van der Waals surface area contributed by atoms with Gasteiger partial charge in [0.25, 0.3) is 0 Å². The van der Waals surface area contributed by atoms with Crippen molar-refractivity contribution < 1.29 is 18.4 Å². The molecule has 2 amide bonds. The summed E-state index contributed by atoms with van der Waals surface area (Å²) in [6.07, 6.45) is 0.722. The number of alkyl halides is 1. The van der Waals surface area contributed by atoms with Crippen LogP contribution in [0.1, 0.15) is 6.42 Å². The SMILES string of the molecule is CN(C)C(=O)CSc1c(F)c(Cl)c(-c2ccc3nc(NC(=O)[C@@H]4C[C@@H]4F)sc3c2)c2cn[nH]c12. The molecule has 5 rings (SSSR count). The van der Waals surface area contributed by atoms with E-state index < -0.39 is 17.9 Å². The molecule has 1 saturated carbocycles. The first-order chi connectivity index (χ1) is 16.2. The van der Waals surface area contributed by atoms with Gasteiger partial charge in [-0.15, -0.1) is 11.8 Å². The van der Waals surface area contributed by atoms with E-state index in [1.165, 1.54) is 16.2 Å². The molecule has 0 spiro atoms. The lowest BCUT2D eigenvalue weighted by Gasteiger charge is -2.13. The molecule has 1 aliphatic carbocycles. The maximum Gasteiger partial charge on any atom is 0.232 e. The minimum absolute atomic E-state index is 0.0546. The van der Waals surface area contributed by atoms with E-state index in [2.05, 4.69) is 20.5 Å². The van der Waals surface area contributed by atoms with E-state index in [0.29, 0.717) is 32.7 Å². The average Bonchev–Trinajstić information content (AvgIpc) is 3.17. The van der Waals surface area contributed by atoms with Gasteiger partial charge in [0.05, 0.1) is 43.5 Å². The van der Waals surface area contributed by atoms with Crippen LogP contribution in [0.2, 0.25) is 5.02 Å². The quantitative estimate of drug-likeness (QED) is 0.344. The summed E-state index contributed by atoms with van der Waals surface area (Å²) in [4.78, 5) is 30.1. The van der Waals surface area contributed by atoms with E-state index in [1.807, 2.05) is 6.07 Å². The Labute approximate surface area is 205 Å². The molecule has 4 aromatic rings. The lowest BCUT2D eigenvalue weighted by Crippen LogP contribution is -2.23. The Hall–Kier alpha value is -2.76. The zero-order valence-corrected chi connectivity index (χ0v) is 20.4. The number of halogens is 3. The number of anilines is 1. The molecule has 0 radical (unpaired) electrons. The van der Waals surface area contributed by atoms with Crippen molar-refractivity contribution in [3.05, 3.63) is 35.2 Å². The van der Waals surface area contributed by atoms with Gasteiger partial charge in [0.1, 0.15) is 6.17 Å². The Morgan fingerprint density at radius 2 is 2.15 bits per heavy atom. The summed E-state index contributed by atoms with van der Waals surface area (Å²) in [5, 5.41) is 10.5. The van der Waals surface area contributed by atoms with Crippen LogP contribution in [0.25, 0.3) is 32.2 Å². The predicted molar refractivity (Wildman–Crippen MR) is 131 cm³/mol. The highest BCUT2D eigenvalue weighted by Gasteiger charge is 2.43. The number of hydrogen-bond donors (Lipinski definition) is 2. The van der Waals surface area contributed by atoms with Crippen LogP contribution in [-0.4, -0.2) is 57.9 Å². The van der Waals surface area contributed by atoms with Gasteiger partial charge in [0, 0.05) is 25.0 Å². The molecule has 2 heterocycles. The van der Waals surface area contributed by atoms with Gasteiger partial charge in [-0.3, -0.25) is 14.7 Å². The fourth-order valence-electron chi connectivity index (χ4n) is 3.53. The normalized spacial score (nSPS) is 17.3. The number of aromatic amines is 1. The standard InChI is InChI=1S/C22H18ClF2N5O2S2/c1-30(2)15(31)8-33-20-18(25)17(23)16(11-7-26-29-19(11)20)9-3-4-13-14(5-9)34-22(27-13)28-21(32)10-6-12(10)24/h3-5,7,10,12H,6,8H2,1-2H3,(H,26,29)(H,27,28,32)/t10-,12+/m1/s1. The fraction of sp³-hybridized carbons (Fsp3) is 0.273. The van der Waals surface area contributed by atoms with E-state index in [0.717, 1.165) is 16.5 Å².